The molecule has 0 aliphatic heterocycles. The number of rotatable bonds is 5. The molecule has 0 amide bonds. The molecule has 0 saturated carbocycles. The summed E-state index contributed by atoms with van der Waals surface area (Å²) in [6, 6.07) is 22.9. The third kappa shape index (κ3) is 3.54. The van der Waals surface area contributed by atoms with E-state index in [4.69, 9.17) is 9.26 Å². The lowest BCUT2D eigenvalue weighted by atomic mass is 10.1. The highest BCUT2D eigenvalue weighted by atomic mass is 32.2. The van der Waals surface area contributed by atoms with Crippen molar-refractivity contribution in [2.75, 3.05) is 7.11 Å². The molecule has 0 saturated heterocycles. The van der Waals surface area contributed by atoms with Crippen LogP contribution in [0, 0.1) is 6.92 Å². The summed E-state index contributed by atoms with van der Waals surface area (Å²) in [6.07, 6.45) is 0. The molecule has 6 heteroatoms. The van der Waals surface area contributed by atoms with E-state index in [0.29, 0.717) is 16.9 Å². The standard InChI is InChI=1S/C23H19NO4S/c1-16-8-14-20(15-9-16)29(25,26)23-21(17-10-12-19(27-2)13-11-17)24-28-22(23)18-6-4-3-5-7-18/h3-15H,1-2H3. The van der Waals surface area contributed by atoms with Gasteiger partial charge in [0.25, 0.3) is 0 Å². The molecule has 0 aliphatic carbocycles. The van der Waals surface area contributed by atoms with Crippen LogP contribution >= 0.6 is 0 Å². The minimum atomic E-state index is -3.87. The number of hydrogen-bond acceptors (Lipinski definition) is 5. The maximum absolute atomic E-state index is 13.6. The van der Waals surface area contributed by atoms with Crippen LogP contribution < -0.4 is 4.74 Å². The van der Waals surface area contributed by atoms with E-state index >= 15 is 0 Å². The summed E-state index contributed by atoms with van der Waals surface area (Å²) < 4.78 is 37.9. The van der Waals surface area contributed by atoms with Crippen molar-refractivity contribution in [3.05, 3.63) is 84.4 Å². The molecule has 0 fully saturated rings. The Morgan fingerprint density at radius 3 is 2.10 bits per heavy atom. The van der Waals surface area contributed by atoms with Crippen LogP contribution in [-0.4, -0.2) is 20.7 Å². The minimum absolute atomic E-state index is 0.0534. The van der Waals surface area contributed by atoms with Gasteiger partial charge in [0.2, 0.25) is 9.84 Å². The van der Waals surface area contributed by atoms with Gasteiger partial charge in [-0.2, -0.15) is 0 Å². The molecule has 3 aromatic carbocycles. The van der Waals surface area contributed by atoms with Crippen LogP contribution in [0.2, 0.25) is 0 Å². The van der Waals surface area contributed by atoms with Gasteiger partial charge in [0.1, 0.15) is 16.3 Å². The number of hydrogen-bond donors (Lipinski definition) is 0. The molecule has 29 heavy (non-hydrogen) atoms. The molecular formula is C23H19NO4S. The van der Waals surface area contributed by atoms with Crippen LogP contribution in [0.25, 0.3) is 22.6 Å². The van der Waals surface area contributed by atoms with Crippen LogP contribution in [0.4, 0.5) is 0 Å². The normalized spacial score (nSPS) is 11.4. The molecule has 1 aromatic heterocycles. The molecule has 4 rings (SSSR count). The van der Waals surface area contributed by atoms with Crippen molar-refractivity contribution in [3.8, 4) is 28.3 Å². The predicted molar refractivity (Wildman–Crippen MR) is 111 cm³/mol. The first kappa shape index (κ1) is 19.0. The lowest BCUT2D eigenvalue weighted by Crippen LogP contribution is -2.04. The Morgan fingerprint density at radius 1 is 0.828 bits per heavy atom. The number of nitrogens with zero attached hydrogens (tertiary/aromatic N) is 1. The fraction of sp³-hybridized carbons (Fsp3) is 0.0870. The molecule has 5 nitrogen and oxygen atoms in total. The second-order valence-corrected chi connectivity index (χ2v) is 8.49. The molecule has 1 heterocycles. The Hall–Kier alpha value is -3.38. The summed E-state index contributed by atoms with van der Waals surface area (Å²) in [5.74, 6) is 0.889. The number of sulfone groups is 1. The largest absolute Gasteiger partial charge is 0.497 e. The highest BCUT2D eigenvalue weighted by molar-refractivity contribution is 7.91. The van der Waals surface area contributed by atoms with Gasteiger partial charge in [0, 0.05) is 11.1 Å². The first-order valence-corrected chi connectivity index (χ1v) is 10.5. The van der Waals surface area contributed by atoms with Crippen molar-refractivity contribution in [3.63, 3.8) is 0 Å². The Bertz CT molecular complexity index is 1230. The van der Waals surface area contributed by atoms with E-state index in [2.05, 4.69) is 5.16 Å². The fourth-order valence-electron chi connectivity index (χ4n) is 3.07. The van der Waals surface area contributed by atoms with E-state index in [-0.39, 0.29) is 21.2 Å². The Balaban J connectivity index is 1.96. The van der Waals surface area contributed by atoms with Crippen molar-refractivity contribution in [1.29, 1.82) is 0 Å². The smallest absolute Gasteiger partial charge is 0.212 e. The van der Waals surface area contributed by atoms with Crippen LogP contribution in [0.3, 0.4) is 0 Å². The molecule has 0 spiro atoms. The SMILES string of the molecule is COc1ccc(-c2noc(-c3ccccc3)c2S(=O)(=O)c2ccc(C)cc2)cc1. The quantitative estimate of drug-likeness (QED) is 0.459. The number of ether oxygens (including phenoxy) is 1. The van der Waals surface area contributed by atoms with E-state index in [1.807, 2.05) is 25.1 Å². The summed E-state index contributed by atoms with van der Waals surface area (Å²) in [7, 11) is -2.30. The zero-order valence-electron chi connectivity index (χ0n) is 16.0. The molecular weight excluding hydrogens is 386 g/mol. The van der Waals surface area contributed by atoms with Gasteiger partial charge >= 0.3 is 0 Å². The summed E-state index contributed by atoms with van der Waals surface area (Å²) in [5.41, 5.74) is 2.52. The van der Waals surface area contributed by atoms with Crippen LogP contribution in [0.1, 0.15) is 5.56 Å². The van der Waals surface area contributed by atoms with Crippen LogP contribution in [0.5, 0.6) is 5.75 Å². The molecule has 0 bridgehead atoms. The average Bonchev–Trinajstić information content (AvgIpc) is 3.21. The summed E-state index contributed by atoms with van der Waals surface area (Å²) in [6.45, 7) is 1.91. The number of aromatic nitrogens is 1. The van der Waals surface area contributed by atoms with Crippen molar-refractivity contribution >= 4 is 9.84 Å². The van der Waals surface area contributed by atoms with E-state index in [1.165, 1.54) is 0 Å². The Labute approximate surface area is 169 Å². The maximum atomic E-state index is 13.6. The van der Waals surface area contributed by atoms with Crippen molar-refractivity contribution in [1.82, 2.24) is 5.16 Å². The van der Waals surface area contributed by atoms with Gasteiger partial charge in [-0.25, -0.2) is 8.42 Å². The molecule has 0 radical (unpaired) electrons. The topological polar surface area (TPSA) is 69.4 Å². The second-order valence-electron chi connectivity index (χ2n) is 6.60. The number of aryl methyl sites for hydroxylation is 1. The highest BCUT2D eigenvalue weighted by Crippen LogP contribution is 2.39. The first-order chi connectivity index (χ1) is 14.0. The Morgan fingerprint density at radius 2 is 1.48 bits per heavy atom. The van der Waals surface area contributed by atoms with Gasteiger partial charge in [-0.05, 0) is 43.3 Å². The summed E-state index contributed by atoms with van der Waals surface area (Å²) >= 11 is 0. The molecule has 0 atom stereocenters. The molecule has 4 aromatic rings. The zero-order chi connectivity index (χ0) is 20.4. The van der Waals surface area contributed by atoms with Crippen LogP contribution in [0.15, 0.2) is 93.2 Å². The minimum Gasteiger partial charge on any atom is -0.497 e. The van der Waals surface area contributed by atoms with E-state index in [9.17, 15) is 8.42 Å². The number of methoxy groups -OCH3 is 1. The van der Waals surface area contributed by atoms with Gasteiger partial charge in [-0.3, -0.25) is 0 Å². The lowest BCUT2D eigenvalue weighted by molar-refractivity contribution is 0.415. The fourth-order valence-corrected chi connectivity index (χ4v) is 4.61. The van der Waals surface area contributed by atoms with Gasteiger partial charge in [0.15, 0.2) is 5.76 Å². The summed E-state index contributed by atoms with van der Waals surface area (Å²) in [5, 5.41) is 4.13. The number of benzene rings is 3. The lowest BCUT2D eigenvalue weighted by Gasteiger charge is -2.08. The first-order valence-electron chi connectivity index (χ1n) is 9.02. The van der Waals surface area contributed by atoms with Crippen molar-refractivity contribution in [2.45, 2.75) is 16.7 Å². The predicted octanol–water partition coefficient (Wildman–Crippen LogP) is 5.16. The van der Waals surface area contributed by atoms with E-state index in [0.717, 1.165) is 5.56 Å². The van der Waals surface area contributed by atoms with Gasteiger partial charge < -0.3 is 9.26 Å². The third-order valence-corrected chi connectivity index (χ3v) is 6.46. The van der Waals surface area contributed by atoms with Gasteiger partial charge in [0.05, 0.1) is 12.0 Å². The second kappa shape index (κ2) is 7.56. The van der Waals surface area contributed by atoms with E-state index < -0.39 is 9.84 Å². The summed E-state index contributed by atoms with van der Waals surface area (Å²) in [4.78, 5) is 0.246. The highest BCUT2D eigenvalue weighted by Gasteiger charge is 2.31. The third-order valence-electron chi connectivity index (χ3n) is 4.65. The van der Waals surface area contributed by atoms with Crippen molar-refractivity contribution in [2.24, 2.45) is 0 Å². The molecule has 0 aliphatic rings. The molecule has 146 valence electrons. The van der Waals surface area contributed by atoms with E-state index in [1.54, 1.807) is 67.8 Å². The van der Waals surface area contributed by atoms with Crippen molar-refractivity contribution < 1.29 is 17.7 Å². The Kier molecular flexibility index (Phi) is 4.94. The molecule has 0 unspecified atom stereocenters. The molecule has 0 N–H and O–H groups in total. The maximum Gasteiger partial charge on any atom is 0.212 e. The van der Waals surface area contributed by atoms with Crippen LogP contribution in [-0.2, 0) is 9.84 Å². The average molecular weight is 405 g/mol. The van der Waals surface area contributed by atoms with Gasteiger partial charge in [-0.1, -0.05) is 53.2 Å². The van der Waals surface area contributed by atoms with Gasteiger partial charge in [-0.15, -0.1) is 0 Å². The monoisotopic (exact) mass is 405 g/mol. The zero-order valence-corrected chi connectivity index (χ0v) is 16.8.